The number of nitrogens with one attached hydrogen (secondary N) is 1. The number of aryl methyl sites for hydroxylation is 1. The number of aromatic nitrogens is 1. The molecule has 2 aromatic rings. The Balaban J connectivity index is 1.87. The molecule has 132 valence electrons. The monoisotopic (exact) mass is 358 g/mol. The molecule has 1 amide bonds. The van der Waals surface area contributed by atoms with Crippen molar-refractivity contribution in [1.82, 2.24) is 9.88 Å². The van der Waals surface area contributed by atoms with Crippen LogP contribution in [0.5, 0.6) is 0 Å². The summed E-state index contributed by atoms with van der Waals surface area (Å²) in [7, 11) is 0. The third-order valence-corrected chi connectivity index (χ3v) is 5.57. The number of carbonyl (C=O) groups is 2. The summed E-state index contributed by atoms with van der Waals surface area (Å²) in [6, 6.07) is 3.86. The van der Waals surface area contributed by atoms with Gasteiger partial charge in [-0.25, -0.2) is 4.79 Å². The van der Waals surface area contributed by atoms with Crippen LogP contribution in [0.3, 0.4) is 0 Å². The number of hydrogen-bond acceptors (Lipinski definition) is 4. The molecular weight excluding hydrogens is 336 g/mol. The second-order valence-electron chi connectivity index (χ2n) is 6.06. The smallest absolute Gasteiger partial charge is 0.342 e. The van der Waals surface area contributed by atoms with Gasteiger partial charge in [-0.2, -0.15) is 0 Å². The first-order valence-corrected chi connectivity index (χ1v) is 9.31. The van der Waals surface area contributed by atoms with E-state index in [4.69, 9.17) is 4.74 Å². The average molecular weight is 358 g/mol. The van der Waals surface area contributed by atoms with Crippen molar-refractivity contribution in [2.24, 2.45) is 0 Å². The van der Waals surface area contributed by atoms with Crippen molar-refractivity contribution in [1.29, 1.82) is 0 Å². The van der Waals surface area contributed by atoms with Gasteiger partial charge in [-0.05, 0) is 50.3 Å². The molecule has 2 aromatic heterocycles. The summed E-state index contributed by atoms with van der Waals surface area (Å²) in [5.41, 5.74) is 1.70. The van der Waals surface area contributed by atoms with Gasteiger partial charge in [0.05, 0.1) is 5.56 Å². The van der Waals surface area contributed by atoms with E-state index in [9.17, 15) is 9.59 Å². The Morgan fingerprint density at radius 2 is 2.08 bits per heavy atom. The van der Waals surface area contributed by atoms with Gasteiger partial charge in [0.1, 0.15) is 5.00 Å². The third-order valence-electron chi connectivity index (χ3n) is 4.27. The molecule has 1 N–H and O–H groups in total. The third kappa shape index (κ3) is 3.69. The number of ether oxygens (including phenoxy) is 1. The molecule has 0 saturated heterocycles. The van der Waals surface area contributed by atoms with Gasteiger partial charge in [0, 0.05) is 23.8 Å². The number of nitrogens with zero attached hydrogens (tertiary/aromatic N) is 1. The summed E-state index contributed by atoms with van der Waals surface area (Å²) >= 11 is 1.65. The molecule has 2 heterocycles. The Labute approximate surface area is 151 Å². The number of amides is 1. The highest BCUT2D eigenvalue weighted by molar-refractivity contribution is 7.15. The summed E-state index contributed by atoms with van der Waals surface area (Å²) in [6.45, 7) is 5.50. The maximum Gasteiger partial charge on any atom is 0.342 e. The van der Waals surface area contributed by atoms with Gasteiger partial charge < -0.3 is 14.6 Å². The maximum atomic E-state index is 12.9. The lowest BCUT2D eigenvalue weighted by Crippen LogP contribution is -2.36. The Kier molecular flexibility index (Phi) is 5.38. The van der Waals surface area contributed by atoms with Gasteiger partial charge in [0.15, 0.2) is 6.10 Å². The van der Waals surface area contributed by atoms with E-state index >= 15 is 0 Å². The molecule has 0 bridgehead atoms. The fourth-order valence-electron chi connectivity index (χ4n) is 3.00. The Morgan fingerprint density at radius 1 is 1.36 bits per heavy atom. The van der Waals surface area contributed by atoms with Crippen molar-refractivity contribution < 1.29 is 14.3 Å². The van der Waals surface area contributed by atoms with Crippen molar-refractivity contribution in [3.05, 3.63) is 53.2 Å². The minimum absolute atomic E-state index is 0.320. The van der Waals surface area contributed by atoms with Crippen LogP contribution in [0, 0.1) is 0 Å². The van der Waals surface area contributed by atoms with Crippen LogP contribution in [0.15, 0.2) is 37.2 Å². The van der Waals surface area contributed by atoms with E-state index in [2.05, 4.69) is 11.9 Å². The highest BCUT2D eigenvalue weighted by Gasteiger charge is 2.29. The molecule has 1 aliphatic rings. The number of hydrogen-bond donors (Lipinski definition) is 1. The van der Waals surface area contributed by atoms with Crippen LogP contribution in [0.25, 0.3) is 5.00 Å². The minimum atomic E-state index is -0.843. The van der Waals surface area contributed by atoms with Crippen LogP contribution in [0.2, 0.25) is 0 Å². The maximum absolute atomic E-state index is 12.9. The summed E-state index contributed by atoms with van der Waals surface area (Å²) in [6.07, 6.45) is 8.70. The SMILES string of the molecule is C=CCNC(=O)[C@@H](C)OC(=O)c1c(-n2cccc2)sc2c1CCCC2. The van der Waals surface area contributed by atoms with Crippen LogP contribution in [-0.2, 0) is 22.4 Å². The van der Waals surface area contributed by atoms with E-state index < -0.39 is 12.1 Å². The van der Waals surface area contributed by atoms with Crippen LogP contribution in [-0.4, -0.2) is 29.1 Å². The molecule has 5 nitrogen and oxygen atoms in total. The van der Waals surface area contributed by atoms with Crippen molar-refractivity contribution >= 4 is 23.2 Å². The molecule has 25 heavy (non-hydrogen) atoms. The fourth-order valence-corrected chi connectivity index (χ4v) is 4.35. The first kappa shape index (κ1) is 17.5. The molecule has 6 heteroatoms. The second-order valence-corrected chi connectivity index (χ2v) is 7.15. The molecule has 0 saturated carbocycles. The number of thiophene rings is 1. The number of rotatable bonds is 6. The molecule has 0 aromatic carbocycles. The van der Waals surface area contributed by atoms with Gasteiger partial charge in [0.25, 0.3) is 5.91 Å². The first-order valence-electron chi connectivity index (χ1n) is 8.49. The minimum Gasteiger partial charge on any atom is -0.449 e. The Hall–Kier alpha value is -2.34. The van der Waals surface area contributed by atoms with Crippen molar-refractivity contribution in [3.8, 4) is 5.00 Å². The summed E-state index contributed by atoms with van der Waals surface area (Å²) in [5, 5.41) is 3.53. The van der Waals surface area contributed by atoms with Gasteiger partial charge >= 0.3 is 5.97 Å². The zero-order valence-corrected chi connectivity index (χ0v) is 15.1. The quantitative estimate of drug-likeness (QED) is 0.637. The summed E-state index contributed by atoms with van der Waals surface area (Å²) < 4.78 is 7.41. The fraction of sp³-hybridized carbons (Fsp3) is 0.368. The van der Waals surface area contributed by atoms with Crippen LogP contribution >= 0.6 is 11.3 Å². The normalized spacial score (nSPS) is 14.4. The Morgan fingerprint density at radius 3 is 2.80 bits per heavy atom. The predicted molar refractivity (Wildman–Crippen MR) is 98.4 cm³/mol. The highest BCUT2D eigenvalue weighted by Crippen LogP contribution is 2.37. The molecule has 0 radical (unpaired) electrons. The standard InChI is InChI=1S/C19H22N2O3S/c1-3-10-20-17(22)13(2)24-19(23)16-14-8-4-5-9-15(14)25-18(16)21-11-6-7-12-21/h3,6-7,11-13H,1,4-5,8-10H2,2H3,(H,20,22)/t13-/m1/s1. The van der Waals surface area contributed by atoms with E-state index in [1.54, 1.807) is 24.3 Å². The lowest BCUT2D eigenvalue weighted by atomic mass is 9.95. The first-order chi connectivity index (χ1) is 12.1. The van der Waals surface area contributed by atoms with Crippen molar-refractivity contribution in [3.63, 3.8) is 0 Å². The van der Waals surface area contributed by atoms with E-state index in [1.807, 2.05) is 29.1 Å². The van der Waals surface area contributed by atoms with Crippen LogP contribution < -0.4 is 5.32 Å². The summed E-state index contributed by atoms with van der Waals surface area (Å²) in [5.74, 6) is -0.746. The van der Waals surface area contributed by atoms with Gasteiger partial charge in [-0.15, -0.1) is 17.9 Å². The van der Waals surface area contributed by atoms with Crippen LogP contribution in [0.1, 0.15) is 40.6 Å². The molecule has 0 aliphatic heterocycles. The Bertz CT molecular complexity index is 777. The molecule has 1 atom stereocenters. The van der Waals surface area contributed by atoms with Crippen molar-refractivity contribution in [2.75, 3.05) is 6.54 Å². The van der Waals surface area contributed by atoms with Gasteiger partial charge in [-0.3, -0.25) is 4.79 Å². The van der Waals surface area contributed by atoms with Crippen molar-refractivity contribution in [2.45, 2.75) is 38.7 Å². The largest absolute Gasteiger partial charge is 0.449 e. The van der Waals surface area contributed by atoms with Gasteiger partial charge in [-0.1, -0.05) is 6.08 Å². The zero-order chi connectivity index (χ0) is 17.8. The zero-order valence-electron chi connectivity index (χ0n) is 14.3. The highest BCUT2D eigenvalue weighted by atomic mass is 32.1. The van der Waals surface area contributed by atoms with Crippen LogP contribution in [0.4, 0.5) is 0 Å². The number of carbonyl (C=O) groups excluding carboxylic acids is 2. The molecular formula is C19H22N2O3S. The lowest BCUT2D eigenvalue weighted by molar-refractivity contribution is -0.128. The van der Waals surface area contributed by atoms with E-state index in [0.717, 1.165) is 36.2 Å². The number of esters is 1. The van der Waals surface area contributed by atoms with Gasteiger partial charge in [0.2, 0.25) is 0 Å². The molecule has 0 unspecified atom stereocenters. The molecule has 0 fully saturated rings. The van der Waals surface area contributed by atoms with E-state index in [1.165, 1.54) is 4.88 Å². The van der Waals surface area contributed by atoms with E-state index in [0.29, 0.717) is 12.1 Å². The average Bonchev–Trinajstić information content (AvgIpc) is 3.26. The van der Waals surface area contributed by atoms with E-state index in [-0.39, 0.29) is 5.91 Å². The molecule has 0 spiro atoms. The predicted octanol–water partition coefficient (Wildman–Crippen LogP) is 3.27. The lowest BCUT2D eigenvalue weighted by Gasteiger charge is -2.16. The molecule has 3 rings (SSSR count). The topological polar surface area (TPSA) is 60.3 Å². The molecule has 1 aliphatic carbocycles. The number of fused-ring (bicyclic) bond motifs is 1. The summed E-state index contributed by atoms with van der Waals surface area (Å²) in [4.78, 5) is 26.1. The second kappa shape index (κ2) is 7.70.